The second kappa shape index (κ2) is 6.32. The fourth-order valence-electron chi connectivity index (χ4n) is 3.31. The van der Waals surface area contributed by atoms with Crippen LogP contribution >= 0.6 is 0 Å². The van der Waals surface area contributed by atoms with E-state index in [0.29, 0.717) is 6.42 Å². The molecular formula is C19H22O4. The molecule has 0 radical (unpaired) electrons. The Morgan fingerprint density at radius 3 is 1.74 bits per heavy atom. The molecule has 0 atom stereocenters. The maximum absolute atomic E-state index is 11.1. The van der Waals surface area contributed by atoms with Crippen molar-refractivity contribution in [1.29, 1.82) is 0 Å². The summed E-state index contributed by atoms with van der Waals surface area (Å²) in [7, 11) is 0. The first-order valence-corrected chi connectivity index (χ1v) is 7.56. The van der Waals surface area contributed by atoms with Gasteiger partial charge in [0.05, 0.1) is 0 Å². The van der Waals surface area contributed by atoms with Crippen LogP contribution in [0.15, 0.2) is 36.4 Å². The smallest absolute Gasteiger partial charge is 0.303 e. The lowest BCUT2D eigenvalue weighted by Gasteiger charge is -2.33. The summed E-state index contributed by atoms with van der Waals surface area (Å²) in [4.78, 5) is 11.1. The number of phenols is 2. The minimum absolute atomic E-state index is 0.0388. The number of benzene rings is 2. The first-order valence-electron chi connectivity index (χ1n) is 7.56. The zero-order valence-corrected chi connectivity index (χ0v) is 13.6. The number of carboxylic acid groups (broad SMARTS) is 1. The van der Waals surface area contributed by atoms with E-state index in [1.54, 1.807) is 24.3 Å². The lowest BCUT2D eigenvalue weighted by molar-refractivity contribution is -0.137. The Hall–Kier alpha value is -2.49. The molecule has 0 spiro atoms. The number of aliphatic carboxylic acids is 1. The Kier molecular flexibility index (Phi) is 4.64. The zero-order valence-electron chi connectivity index (χ0n) is 13.6. The third kappa shape index (κ3) is 3.47. The normalized spacial score (nSPS) is 11.4. The highest BCUT2D eigenvalue weighted by Crippen LogP contribution is 2.41. The molecule has 0 saturated carbocycles. The summed E-state index contributed by atoms with van der Waals surface area (Å²) in [6, 6.07) is 10.3. The molecule has 3 N–H and O–H groups in total. The van der Waals surface area contributed by atoms with Crippen molar-refractivity contribution in [2.75, 3.05) is 0 Å². The molecule has 0 amide bonds. The van der Waals surface area contributed by atoms with Crippen LogP contribution in [-0.4, -0.2) is 21.3 Å². The molecule has 0 aliphatic heterocycles. The van der Waals surface area contributed by atoms with Gasteiger partial charge in [0, 0.05) is 11.8 Å². The van der Waals surface area contributed by atoms with E-state index < -0.39 is 11.4 Å². The van der Waals surface area contributed by atoms with Crippen LogP contribution < -0.4 is 0 Å². The van der Waals surface area contributed by atoms with Gasteiger partial charge in [-0.15, -0.1) is 0 Å². The van der Waals surface area contributed by atoms with Crippen LogP contribution in [0, 0.1) is 13.8 Å². The van der Waals surface area contributed by atoms with E-state index in [-0.39, 0.29) is 17.9 Å². The summed E-state index contributed by atoms with van der Waals surface area (Å²) in [6.07, 6.45) is 0.469. The summed E-state index contributed by atoms with van der Waals surface area (Å²) < 4.78 is 0. The van der Waals surface area contributed by atoms with Gasteiger partial charge in [0.2, 0.25) is 0 Å². The van der Waals surface area contributed by atoms with Gasteiger partial charge in [0.1, 0.15) is 11.5 Å². The van der Waals surface area contributed by atoms with Crippen LogP contribution in [0.4, 0.5) is 0 Å². The second-order valence-electron chi connectivity index (χ2n) is 6.22. The molecule has 0 fully saturated rings. The fourth-order valence-corrected chi connectivity index (χ4v) is 3.31. The van der Waals surface area contributed by atoms with E-state index in [1.807, 2.05) is 32.9 Å². The molecule has 0 unspecified atom stereocenters. The minimum atomic E-state index is -0.843. The van der Waals surface area contributed by atoms with Gasteiger partial charge in [-0.1, -0.05) is 19.1 Å². The predicted octanol–water partition coefficient (Wildman–Crippen LogP) is 3.89. The Balaban J connectivity index is 2.62. The van der Waals surface area contributed by atoms with Crippen LogP contribution in [0.25, 0.3) is 0 Å². The topological polar surface area (TPSA) is 77.8 Å². The summed E-state index contributed by atoms with van der Waals surface area (Å²) in [5.41, 5.74) is 3.25. The van der Waals surface area contributed by atoms with E-state index in [4.69, 9.17) is 5.11 Å². The molecule has 0 bridgehead atoms. The number of aromatic hydroxyl groups is 2. The van der Waals surface area contributed by atoms with Crippen molar-refractivity contribution in [2.45, 2.75) is 39.0 Å². The third-order valence-electron chi connectivity index (χ3n) is 4.45. The SMILES string of the molecule is Cc1cc(O)ccc1C(C)(CCC(=O)O)c1ccc(O)cc1C. The molecule has 0 aliphatic rings. The van der Waals surface area contributed by atoms with Gasteiger partial charge in [-0.25, -0.2) is 0 Å². The molecule has 4 nitrogen and oxygen atoms in total. The maximum Gasteiger partial charge on any atom is 0.303 e. The molecule has 23 heavy (non-hydrogen) atoms. The van der Waals surface area contributed by atoms with Gasteiger partial charge >= 0.3 is 5.97 Å². The number of hydrogen-bond acceptors (Lipinski definition) is 3. The molecule has 122 valence electrons. The van der Waals surface area contributed by atoms with Crippen LogP contribution in [-0.2, 0) is 10.2 Å². The molecule has 2 aromatic carbocycles. The number of aryl methyl sites for hydroxylation is 2. The molecule has 2 aromatic rings. The molecular weight excluding hydrogens is 292 g/mol. The molecule has 4 heteroatoms. The van der Waals surface area contributed by atoms with Crippen molar-refractivity contribution in [3.05, 3.63) is 58.7 Å². The average molecular weight is 314 g/mol. The summed E-state index contributed by atoms with van der Waals surface area (Å²) in [5.74, 6) is -0.465. The molecule has 2 rings (SSSR count). The van der Waals surface area contributed by atoms with E-state index in [1.165, 1.54) is 0 Å². The summed E-state index contributed by atoms with van der Waals surface area (Å²) >= 11 is 0. The summed E-state index contributed by atoms with van der Waals surface area (Å²) in [6.45, 7) is 5.82. The van der Waals surface area contributed by atoms with E-state index >= 15 is 0 Å². The number of rotatable bonds is 5. The van der Waals surface area contributed by atoms with Gasteiger partial charge < -0.3 is 15.3 Å². The maximum atomic E-state index is 11.1. The monoisotopic (exact) mass is 314 g/mol. The van der Waals surface area contributed by atoms with Gasteiger partial charge in [-0.2, -0.15) is 0 Å². The van der Waals surface area contributed by atoms with Crippen molar-refractivity contribution in [3.63, 3.8) is 0 Å². The lowest BCUT2D eigenvalue weighted by atomic mass is 9.70. The number of phenolic OH excluding ortho intramolecular Hbond substituents is 2. The zero-order chi connectivity index (χ0) is 17.2. The van der Waals surface area contributed by atoms with Crippen LogP contribution in [0.2, 0.25) is 0 Å². The highest BCUT2D eigenvalue weighted by molar-refractivity contribution is 5.67. The van der Waals surface area contributed by atoms with Crippen molar-refractivity contribution < 1.29 is 20.1 Å². The van der Waals surface area contributed by atoms with Crippen molar-refractivity contribution >= 4 is 5.97 Å². The Morgan fingerprint density at radius 2 is 1.39 bits per heavy atom. The Labute approximate surface area is 136 Å². The number of carboxylic acids is 1. The van der Waals surface area contributed by atoms with Crippen LogP contribution in [0.3, 0.4) is 0 Å². The number of carbonyl (C=O) groups is 1. The molecule has 0 heterocycles. The van der Waals surface area contributed by atoms with Gasteiger partial charge in [0.25, 0.3) is 0 Å². The van der Waals surface area contributed by atoms with Crippen LogP contribution in [0.1, 0.15) is 42.0 Å². The number of hydrogen-bond donors (Lipinski definition) is 3. The first kappa shape index (κ1) is 16.9. The molecule has 0 aliphatic carbocycles. The highest BCUT2D eigenvalue weighted by atomic mass is 16.4. The Morgan fingerprint density at radius 1 is 0.957 bits per heavy atom. The summed E-state index contributed by atoms with van der Waals surface area (Å²) in [5, 5.41) is 28.4. The highest BCUT2D eigenvalue weighted by Gasteiger charge is 2.32. The quantitative estimate of drug-likeness (QED) is 0.782. The predicted molar refractivity (Wildman–Crippen MR) is 89.0 cm³/mol. The van der Waals surface area contributed by atoms with E-state index in [9.17, 15) is 15.0 Å². The van der Waals surface area contributed by atoms with Crippen molar-refractivity contribution in [1.82, 2.24) is 0 Å². The van der Waals surface area contributed by atoms with Gasteiger partial charge in [-0.3, -0.25) is 4.79 Å². The molecule has 0 aromatic heterocycles. The second-order valence-corrected chi connectivity index (χ2v) is 6.22. The van der Waals surface area contributed by atoms with Crippen molar-refractivity contribution in [3.8, 4) is 11.5 Å². The lowest BCUT2D eigenvalue weighted by Crippen LogP contribution is -2.27. The minimum Gasteiger partial charge on any atom is -0.508 e. The Bertz CT molecular complexity index is 683. The largest absolute Gasteiger partial charge is 0.508 e. The molecule has 0 saturated heterocycles. The van der Waals surface area contributed by atoms with Crippen molar-refractivity contribution in [2.24, 2.45) is 0 Å². The standard InChI is InChI=1S/C19H22O4/c1-12-10-14(20)4-6-16(12)19(3,9-8-18(22)23)17-7-5-15(21)11-13(17)2/h4-7,10-11,20-21H,8-9H2,1-3H3,(H,22,23). The van der Waals surface area contributed by atoms with Gasteiger partial charge in [-0.05, 0) is 66.8 Å². The van der Waals surface area contributed by atoms with E-state index in [0.717, 1.165) is 22.3 Å². The average Bonchev–Trinajstić information content (AvgIpc) is 2.44. The van der Waals surface area contributed by atoms with Crippen LogP contribution in [0.5, 0.6) is 11.5 Å². The first-order chi connectivity index (χ1) is 10.7. The fraction of sp³-hybridized carbons (Fsp3) is 0.316. The third-order valence-corrected chi connectivity index (χ3v) is 4.45. The van der Waals surface area contributed by atoms with E-state index in [2.05, 4.69) is 0 Å². The van der Waals surface area contributed by atoms with Gasteiger partial charge in [0.15, 0.2) is 0 Å².